The first-order valence-electron chi connectivity index (χ1n) is 19.3. The van der Waals surface area contributed by atoms with E-state index in [4.69, 9.17) is 18.5 Å². The Hall–Kier alpha value is -3.49. The lowest BCUT2D eigenvalue weighted by Crippen LogP contribution is -2.65. The Kier molecular flexibility index (Phi) is 27.8. The summed E-state index contributed by atoms with van der Waals surface area (Å²) >= 11 is 0. The number of esters is 2. The lowest BCUT2D eigenvalue weighted by atomic mass is 9.85. The Morgan fingerprint density at radius 2 is 0.951 bits per heavy atom. The topological polar surface area (TPSA) is 303 Å². The molecule has 0 aromatic heterocycles. The minimum Gasteiger partial charge on any atom is -0.456 e. The molecule has 1 aliphatic carbocycles. The largest absolute Gasteiger partial charge is 0.472 e. The maximum Gasteiger partial charge on any atom is 0.472 e. The van der Waals surface area contributed by atoms with E-state index < -0.39 is 91.3 Å². The average Bonchev–Trinajstić information content (AvgIpc) is 3.18. The van der Waals surface area contributed by atoms with Crippen molar-refractivity contribution >= 4 is 35.4 Å². The monoisotopic (exact) mass is 918 g/mol. The third-order valence-corrected chi connectivity index (χ3v) is 10.3. The third kappa shape index (κ3) is 27.2. The van der Waals surface area contributed by atoms with Crippen LogP contribution in [0.2, 0.25) is 0 Å². The number of carbonyl (C=O) groups is 2. The number of phosphoric acid groups is 3. The highest BCUT2D eigenvalue weighted by atomic mass is 31.2. The Labute approximate surface area is 356 Å². The van der Waals surface area contributed by atoms with E-state index >= 15 is 0 Å². The van der Waals surface area contributed by atoms with Crippen molar-refractivity contribution in [2.45, 2.75) is 146 Å². The van der Waals surface area contributed by atoms with E-state index in [1.807, 2.05) is 5.92 Å². The summed E-state index contributed by atoms with van der Waals surface area (Å²) in [7, 11) is -16.7. The van der Waals surface area contributed by atoms with Gasteiger partial charge in [-0.05, 0) is 72.5 Å². The maximum absolute atomic E-state index is 13.0. The van der Waals surface area contributed by atoms with Gasteiger partial charge in [0.05, 0.1) is 6.61 Å². The molecule has 0 amide bonds. The molecule has 61 heavy (non-hydrogen) atoms. The average molecular weight is 919 g/mol. The van der Waals surface area contributed by atoms with Crippen LogP contribution in [0.5, 0.6) is 0 Å². The predicted octanol–water partition coefficient (Wildman–Crippen LogP) is 2.52. The number of aliphatic hydroxyl groups is 3. The number of phosphoric ester groups is 3. The Morgan fingerprint density at radius 1 is 0.557 bits per heavy atom. The summed E-state index contributed by atoms with van der Waals surface area (Å²) in [5.41, 5.74) is 0. The van der Waals surface area contributed by atoms with Crippen LogP contribution in [0.4, 0.5) is 0 Å². The first kappa shape index (κ1) is 55.5. The number of hydrogen-bond donors (Lipinski definition) is 8. The molecule has 1 saturated carbocycles. The van der Waals surface area contributed by atoms with Gasteiger partial charge in [0.1, 0.15) is 43.2 Å². The van der Waals surface area contributed by atoms with Crippen LogP contribution >= 0.6 is 23.5 Å². The van der Waals surface area contributed by atoms with Gasteiger partial charge in [-0.1, -0.05) is 89.9 Å². The molecule has 0 radical (unpaired) electrons. The second kappa shape index (κ2) is 30.5. The van der Waals surface area contributed by atoms with E-state index in [1.54, 1.807) is 6.92 Å². The zero-order chi connectivity index (χ0) is 45.7. The molecule has 338 valence electrons. The van der Waals surface area contributed by atoms with Crippen molar-refractivity contribution < 1.29 is 90.6 Å². The summed E-state index contributed by atoms with van der Waals surface area (Å²) in [5.74, 6) is 26.3. The molecule has 22 heteroatoms. The van der Waals surface area contributed by atoms with Crippen LogP contribution in [0.15, 0.2) is 0 Å². The van der Waals surface area contributed by atoms with Crippen LogP contribution in [0.25, 0.3) is 0 Å². The van der Waals surface area contributed by atoms with Gasteiger partial charge >= 0.3 is 35.4 Å². The molecule has 1 aliphatic rings. The molecular weight excluding hydrogens is 865 g/mol. The lowest BCUT2D eigenvalue weighted by Gasteiger charge is -2.44. The lowest BCUT2D eigenvalue weighted by molar-refractivity contribution is -0.213. The van der Waals surface area contributed by atoms with E-state index in [0.717, 1.165) is 25.7 Å². The van der Waals surface area contributed by atoms with Crippen molar-refractivity contribution in [2.24, 2.45) is 0 Å². The Balaban J connectivity index is 2.97. The second-order valence-electron chi connectivity index (χ2n) is 13.3. The van der Waals surface area contributed by atoms with Crippen LogP contribution in [0.1, 0.15) is 104 Å². The Bertz CT molecular complexity index is 1890. The van der Waals surface area contributed by atoms with Crippen LogP contribution < -0.4 is 0 Å². The van der Waals surface area contributed by atoms with Gasteiger partial charge in [0, 0.05) is 12.3 Å². The molecule has 8 atom stereocenters. The zero-order valence-electron chi connectivity index (χ0n) is 33.8. The molecule has 0 bridgehead atoms. The van der Waals surface area contributed by atoms with Gasteiger partial charge in [-0.3, -0.25) is 22.9 Å². The summed E-state index contributed by atoms with van der Waals surface area (Å²) in [6.07, 6.45) is -3.04. The molecule has 0 heterocycles. The molecule has 0 aromatic rings. The van der Waals surface area contributed by atoms with Gasteiger partial charge in [0.25, 0.3) is 0 Å². The van der Waals surface area contributed by atoms with Gasteiger partial charge in [-0.2, -0.15) is 0 Å². The summed E-state index contributed by atoms with van der Waals surface area (Å²) in [6, 6.07) is 0. The highest BCUT2D eigenvalue weighted by Gasteiger charge is 2.56. The summed E-state index contributed by atoms with van der Waals surface area (Å²) < 4.78 is 64.5. The molecule has 19 nitrogen and oxygen atoms in total. The smallest absolute Gasteiger partial charge is 0.456 e. The van der Waals surface area contributed by atoms with E-state index in [9.17, 15) is 63.1 Å². The standard InChI is InChI=1S/C39H53O19P3/c1-3-5-7-9-11-13-15-16-18-20-22-24-26-28-33(41)55-31(29-53-32(40)27-25-23-21-19-17-14-12-10-8-6-4-2)30-54-61(51,52)58-39-35(43)37(56-59(45,46)47)34(42)38(36(39)44)57-60(48,49)50/h31,34-39,42-44H,3,5,7,9,11,13,15-16,18,20,22,24,26,28-30H2,1-2H3,(H,51,52)(H2,45,46,47)(H2,48,49,50)/t31-,34?,35-,36?,37?,38+,39?/m0/s1. The predicted molar refractivity (Wildman–Crippen MR) is 216 cm³/mol. The molecule has 0 aromatic carbocycles. The normalized spacial score (nSPS) is 20.9. The fraction of sp³-hybridized carbons (Fsp3) is 0.641. The highest BCUT2D eigenvalue weighted by molar-refractivity contribution is 7.47. The highest BCUT2D eigenvalue weighted by Crippen LogP contribution is 2.51. The fourth-order valence-corrected chi connectivity index (χ4v) is 7.57. The number of aliphatic hydroxyl groups excluding tert-OH is 3. The van der Waals surface area contributed by atoms with Crippen molar-refractivity contribution in [2.75, 3.05) is 13.2 Å². The van der Waals surface area contributed by atoms with Crippen LogP contribution in [0.3, 0.4) is 0 Å². The molecule has 5 unspecified atom stereocenters. The van der Waals surface area contributed by atoms with Crippen molar-refractivity contribution in [1.29, 1.82) is 0 Å². The molecular formula is C39H53O19P3. The van der Waals surface area contributed by atoms with Gasteiger partial charge < -0.3 is 49.3 Å². The van der Waals surface area contributed by atoms with E-state index in [1.165, 1.54) is 44.9 Å². The molecule has 8 N–H and O–H groups in total. The molecule has 0 aliphatic heterocycles. The number of ether oxygens (including phenoxy) is 2. The van der Waals surface area contributed by atoms with Crippen molar-refractivity contribution in [3.05, 3.63) is 0 Å². The third-order valence-electron chi connectivity index (χ3n) is 8.25. The van der Waals surface area contributed by atoms with Crippen molar-refractivity contribution in [3.63, 3.8) is 0 Å². The Morgan fingerprint density at radius 3 is 1.38 bits per heavy atom. The quantitative estimate of drug-likeness (QED) is 0.0203. The minimum absolute atomic E-state index is 0.0829. The molecule has 1 rings (SSSR count). The molecule has 1 fully saturated rings. The minimum atomic E-state index is -5.58. The number of unbranched alkanes of at least 4 members (excludes halogenated alkanes) is 12. The van der Waals surface area contributed by atoms with Gasteiger partial charge in [-0.15, -0.1) is 0 Å². The van der Waals surface area contributed by atoms with E-state index in [2.05, 4.69) is 81.1 Å². The number of hydrogen-bond acceptors (Lipinski definition) is 14. The first-order chi connectivity index (χ1) is 28.8. The second-order valence-corrected chi connectivity index (χ2v) is 17.0. The number of carbonyl (C=O) groups excluding carboxylic acids is 2. The zero-order valence-corrected chi connectivity index (χ0v) is 36.4. The summed E-state index contributed by atoms with van der Waals surface area (Å²) in [4.78, 5) is 72.4. The van der Waals surface area contributed by atoms with Crippen LogP contribution in [-0.4, -0.2) is 108 Å². The molecule has 0 saturated heterocycles. The van der Waals surface area contributed by atoms with Gasteiger partial charge in [0.2, 0.25) is 0 Å². The maximum atomic E-state index is 13.0. The fourth-order valence-electron chi connectivity index (χ4n) is 5.47. The SMILES string of the molecule is CC#CC#CC#CC#CC#CC#CC(=O)OC[C@@H](COP(=O)(O)OC1C(O)[C@H](OP(=O)(O)O)C(O)C(OP(=O)(O)O)[C@@H]1O)OC(=O)CCCCCCCCCCCCCCC. The van der Waals surface area contributed by atoms with Crippen molar-refractivity contribution in [1.82, 2.24) is 0 Å². The summed E-state index contributed by atoms with van der Waals surface area (Å²) in [6.45, 7) is 1.96. The van der Waals surface area contributed by atoms with E-state index in [0.29, 0.717) is 12.8 Å². The van der Waals surface area contributed by atoms with Crippen LogP contribution in [-0.2, 0) is 50.9 Å². The number of rotatable bonds is 26. The van der Waals surface area contributed by atoms with Crippen molar-refractivity contribution in [3.8, 4) is 71.0 Å². The van der Waals surface area contributed by atoms with E-state index in [-0.39, 0.29) is 6.42 Å². The summed E-state index contributed by atoms with van der Waals surface area (Å²) in [5, 5.41) is 31.6. The first-order valence-corrected chi connectivity index (χ1v) is 23.8. The van der Waals surface area contributed by atoms with Crippen LogP contribution in [0, 0.1) is 71.0 Å². The van der Waals surface area contributed by atoms with Gasteiger partial charge in [0.15, 0.2) is 6.10 Å². The van der Waals surface area contributed by atoms with Gasteiger partial charge in [-0.25, -0.2) is 18.5 Å². The molecule has 0 spiro atoms.